The lowest BCUT2D eigenvalue weighted by molar-refractivity contribution is 1.10. The van der Waals surface area contributed by atoms with Crippen LogP contribution in [0.4, 0.5) is 17.5 Å². The molecule has 100 valence electrons. The van der Waals surface area contributed by atoms with E-state index < -0.39 is 0 Å². The second-order valence-corrected chi connectivity index (χ2v) is 4.99. The largest absolute Gasteiger partial charge is 0.357 e. The van der Waals surface area contributed by atoms with Crippen LogP contribution in [0.5, 0.6) is 0 Å². The van der Waals surface area contributed by atoms with E-state index in [0.29, 0.717) is 21.8 Å². The SMILES string of the molecule is CNc1nc(C)cc(Nc2cc(Cl)c(C)cc2Cl)n1. The summed E-state index contributed by atoms with van der Waals surface area (Å²) >= 11 is 12.3. The quantitative estimate of drug-likeness (QED) is 0.892. The summed E-state index contributed by atoms with van der Waals surface area (Å²) in [6.07, 6.45) is 0. The summed E-state index contributed by atoms with van der Waals surface area (Å²) in [6, 6.07) is 5.44. The molecular weight excluding hydrogens is 283 g/mol. The normalized spacial score (nSPS) is 10.4. The lowest BCUT2D eigenvalue weighted by Crippen LogP contribution is -2.02. The van der Waals surface area contributed by atoms with Crippen molar-refractivity contribution in [3.8, 4) is 0 Å². The number of hydrogen-bond donors (Lipinski definition) is 2. The van der Waals surface area contributed by atoms with E-state index in [-0.39, 0.29) is 0 Å². The summed E-state index contributed by atoms with van der Waals surface area (Å²) in [6.45, 7) is 3.81. The molecule has 0 saturated heterocycles. The Balaban J connectivity index is 2.36. The second kappa shape index (κ2) is 5.63. The number of benzene rings is 1. The van der Waals surface area contributed by atoms with Crippen molar-refractivity contribution in [3.05, 3.63) is 39.5 Å². The Morgan fingerprint density at radius 3 is 2.42 bits per heavy atom. The zero-order valence-electron chi connectivity index (χ0n) is 10.9. The van der Waals surface area contributed by atoms with Gasteiger partial charge in [0.1, 0.15) is 5.82 Å². The van der Waals surface area contributed by atoms with Gasteiger partial charge in [-0.1, -0.05) is 23.2 Å². The summed E-state index contributed by atoms with van der Waals surface area (Å²) in [5.41, 5.74) is 2.51. The Kier molecular flexibility index (Phi) is 4.12. The number of nitrogens with one attached hydrogen (secondary N) is 2. The molecule has 0 bridgehead atoms. The molecule has 19 heavy (non-hydrogen) atoms. The first-order valence-corrected chi connectivity index (χ1v) is 6.51. The third kappa shape index (κ3) is 3.28. The maximum Gasteiger partial charge on any atom is 0.224 e. The summed E-state index contributed by atoms with van der Waals surface area (Å²) < 4.78 is 0. The first-order chi connectivity index (χ1) is 8.99. The van der Waals surface area contributed by atoms with Gasteiger partial charge in [-0.05, 0) is 31.5 Å². The van der Waals surface area contributed by atoms with Gasteiger partial charge >= 0.3 is 0 Å². The highest BCUT2D eigenvalue weighted by molar-refractivity contribution is 6.35. The van der Waals surface area contributed by atoms with Crippen molar-refractivity contribution in [2.75, 3.05) is 17.7 Å². The van der Waals surface area contributed by atoms with Gasteiger partial charge in [0.05, 0.1) is 10.7 Å². The molecule has 0 aliphatic rings. The molecule has 0 fully saturated rings. The number of halogens is 2. The average Bonchev–Trinajstić information content (AvgIpc) is 2.35. The molecule has 0 amide bonds. The Morgan fingerprint density at radius 1 is 1.00 bits per heavy atom. The van der Waals surface area contributed by atoms with Crippen LogP contribution in [-0.2, 0) is 0 Å². The third-order valence-electron chi connectivity index (χ3n) is 2.59. The van der Waals surface area contributed by atoms with Crippen LogP contribution >= 0.6 is 23.2 Å². The molecule has 0 atom stereocenters. The Hall–Kier alpha value is -1.52. The van der Waals surface area contributed by atoms with Crippen molar-refractivity contribution in [1.29, 1.82) is 0 Å². The fourth-order valence-corrected chi connectivity index (χ4v) is 2.05. The Labute approximate surface area is 122 Å². The van der Waals surface area contributed by atoms with Gasteiger partial charge in [-0.2, -0.15) is 4.98 Å². The summed E-state index contributed by atoms with van der Waals surface area (Å²) in [5.74, 6) is 1.22. The topological polar surface area (TPSA) is 49.8 Å². The molecule has 2 rings (SSSR count). The van der Waals surface area contributed by atoms with Gasteiger partial charge in [0.15, 0.2) is 0 Å². The zero-order valence-corrected chi connectivity index (χ0v) is 12.4. The molecule has 0 spiro atoms. The van der Waals surface area contributed by atoms with Gasteiger partial charge in [0.25, 0.3) is 0 Å². The van der Waals surface area contributed by atoms with Gasteiger partial charge in [-0.15, -0.1) is 0 Å². The van der Waals surface area contributed by atoms with Crippen LogP contribution in [-0.4, -0.2) is 17.0 Å². The predicted octanol–water partition coefficient (Wildman–Crippen LogP) is 4.19. The van der Waals surface area contributed by atoms with E-state index in [1.807, 2.05) is 26.0 Å². The number of anilines is 3. The van der Waals surface area contributed by atoms with Crippen LogP contribution in [0.2, 0.25) is 10.0 Å². The monoisotopic (exact) mass is 296 g/mol. The minimum atomic E-state index is 0.553. The van der Waals surface area contributed by atoms with Gasteiger partial charge in [0.2, 0.25) is 5.95 Å². The van der Waals surface area contributed by atoms with E-state index in [2.05, 4.69) is 20.6 Å². The van der Waals surface area contributed by atoms with Crippen LogP contribution in [0.25, 0.3) is 0 Å². The molecule has 0 radical (unpaired) electrons. The molecule has 0 aliphatic carbocycles. The fourth-order valence-electron chi connectivity index (χ4n) is 1.62. The van der Waals surface area contributed by atoms with Gasteiger partial charge in [-0.3, -0.25) is 0 Å². The molecule has 0 unspecified atom stereocenters. The average molecular weight is 297 g/mol. The molecule has 2 N–H and O–H groups in total. The number of aromatic nitrogens is 2. The van der Waals surface area contributed by atoms with Crippen LogP contribution < -0.4 is 10.6 Å². The van der Waals surface area contributed by atoms with E-state index in [1.165, 1.54) is 0 Å². The highest BCUT2D eigenvalue weighted by Gasteiger charge is 2.07. The first kappa shape index (κ1) is 13.9. The Bertz CT molecular complexity index is 614. The zero-order chi connectivity index (χ0) is 14.0. The minimum absolute atomic E-state index is 0.553. The summed E-state index contributed by atoms with van der Waals surface area (Å²) in [4.78, 5) is 8.53. The van der Waals surface area contributed by atoms with Crippen molar-refractivity contribution in [2.24, 2.45) is 0 Å². The lowest BCUT2D eigenvalue weighted by atomic mass is 10.2. The van der Waals surface area contributed by atoms with Crippen molar-refractivity contribution < 1.29 is 0 Å². The first-order valence-electron chi connectivity index (χ1n) is 5.75. The number of aryl methyl sites for hydroxylation is 2. The lowest BCUT2D eigenvalue weighted by Gasteiger charge is -2.11. The maximum atomic E-state index is 6.18. The van der Waals surface area contributed by atoms with Crippen molar-refractivity contribution in [3.63, 3.8) is 0 Å². The second-order valence-electron chi connectivity index (χ2n) is 4.17. The molecule has 4 nitrogen and oxygen atoms in total. The van der Waals surface area contributed by atoms with Crippen molar-refractivity contribution >= 4 is 40.7 Å². The van der Waals surface area contributed by atoms with Crippen LogP contribution in [0.1, 0.15) is 11.3 Å². The Morgan fingerprint density at radius 2 is 1.74 bits per heavy atom. The summed E-state index contributed by atoms with van der Waals surface area (Å²) in [7, 11) is 1.77. The maximum absolute atomic E-state index is 6.18. The molecular formula is C13H14Cl2N4. The molecule has 1 heterocycles. The van der Waals surface area contributed by atoms with Crippen LogP contribution in [0.15, 0.2) is 18.2 Å². The van der Waals surface area contributed by atoms with Gasteiger partial charge in [0, 0.05) is 23.8 Å². The number of rotatable bonds is 3. The molecule has 1 aromatic heterocycles. The van der Waals surface area contributed by atoms with Crippen LogP contribution in [0, 0.1) is 13.8 Å². The highest BCUT2D eigenvalue weighted by atomic mass is 35.5. The number of nitrogens with zero attached hydrogens (tertiary/aromatic N) is 2. The third-order valence-corrected chi connectivity index (χ3v) is 3.31. The van der Waals surface area contributed by atoms with Crippen LogP contribution in [0.3, 0.4) is 0 Å². The minimum Gasteiger partial charge on any atom is -0.357 e. The van der Waals surface area contributed by atoms with E-state index in [9.17, 15) is 0 Å². The predicted molar refractivity (Wildman–Crippen MR) is 80.8 cm³/mol. The summed E-state index contributed by atoms with van der Waals surface area (Å²) in [5, 5.41) is 7.32. The van der Waals surface area contributed by atoms with E-state index >= 15 is 0 Å². The van der Waals surface area contributed by atoms with Gasteiger partial charge < -0.3 is 10.6 Å². The fraction of sp³-hybridized carbons (Fsp3) is 0.231. The standard InChI is InChI=1S/C13H14Cl2N4/c1-7-4-10(15)11(6-9(7)14)18-12-5-8(2)17-13(16-3)19-12/h4-6H,1-3H3,(H2,16,17,18,19). The van der Waals surface area contributed by atoms with Crippen molar-refractivity contribution in [2.45, 2.75) is 13.8 Å². The molecule has 1 aromatic carbocycles. The smallest absolute Gasteiger partial charge is 0.224 e. The molecule has 6 heteroatoms. The van der Waals surface area contributed by atoms with E-state index in [4.69, 9.17) is 23.2 Å². The van der Waals surface area contributed by atoms with Crippen molar-refractivity contribution in [1.82, 2.24) is 9.97 Å². The molecule has 2 aromatic rings. The highest BCUT2D eigenvalue weighted by Crippen LogP contribution is 2.30. The van der Waals surface area contributed by atoms with E-state index in [0.717, 1.165) is 16.9 Å². The molecule has 0 aliphatic heterocycles. The molecule has 0 saturated carbocycles. The van der Waals surface area contributed by atoms with E-state index in [1.54, 1.807) is 13.1 Å². The number of hydrogen-bond acceptors (Lipinski definition) is 4. The van der Waals surface area contributed by atoms with Gasteiger partial charge in [-0.25, -0.2) is 4.98 Å².